The lowest BCUT2D eigenvalue weighted by Gasteiger charge is -2.06. The van der Waals surface area contributed by atoms with Gasteiger partial charge in [0.25, 0.3) is 0 Å². The van der Waals surface area contributed by atoms with E-state index in [0.29, 0.717) is 6.42 Å². The van der Waals surface area contributed by atoms with Crippen LogP contribution in [0.5, 0.6) is 0 Å². The standard InChI is InChI=1S/C13H14N2O/c1-2-12(13(16)10-15-14)9-8-11-6-4-3-5-7-11/h2-7,10,12H,1,8-9H2/t12-/m1/s1. The fraction of sp³-hybridized carbons (Fsp3) is 0.231. The average Bonchev–Trinajstić information content (AvgIpc) is 2.31. The van der Waals surface area contributed by atoms with Crippen LogP contribution in [0.3, 0.4) is 0 Å². The number of carbonyl (C=O) groups is 1. The molecule has 0 N–H and O–H groups in total. The van der Waals surface area contributed by atoms with Crippen LogP contribution in [0, 0.1) is 5.92 Å². The summed E-state index contributed by atoms with van der Waals surface area (Å²) >= 11 is 0. The molecule has 82 valence electrons. The number of hydrogen-bond donors (Lipinski definition) is 0. The zero-order valence-corrected chi connectivity index (χ0v) is 9.04. The van der Waals surface area contributed by atoms with Crippen LogP contribution >= 0.6 is 0 Å². The van der Waals surface area contributed by atoms with Crippen molar-refractivity contribution in [2.75, 3.05) is 0 Å². The normalized spacial score (nSPS) is 11.2. The van der Waals surface area contributed by atoms with Crippen molar-refractivity contribution >= 4 is 12.0 Å². The van der Waals surface area contributed by atoms with Crippen LogP contribution < -0.4 is 0 Å². The van der Waals surface area contributed by atoms with Crippen molar-refractivity contribution in [1.82, 2.24) is 0 Å². The van der Waals surface area contributed by atoms with Gasteiger partial charge in [-0.15, -0.1) is 6.58 Å². The molecule has 1 rings (SSSR count). The second-order valence-corrected chi connectivity index (χ2v) is 3.51. The summed E-state index contributed by atoms with van der Waals surface area (Å²) in [5, 5.41) is 0. The van der Waals surface area contributed by atoms with Gasteiger partial charge in [-0.05, 0) is 18.4 Å². The zero-order chi connectivity index (χ0) is 11.8. The first kappa shape index (κ1) is 12.1. The van der Waals surface area contributed by atoms with Gasteiger partial charge in [0.15, 0.2) is 0 Å². The fourth-order valence-electron chi connectivity index (χ4n) is 1.50. The number of hydrogen-bond acceptors (Lipinski definition) is 1. The van der Waals surface area contributed by atoms with Gasteiger partial charge in [-0.2, -0.15) is 4.79 Å². The van der Waals surface area contributed by atoms with Crippen LogP contribution in [0.2, 0.25) is 0 Å². The summed E-state index contributed by atoms with van der Waals surface area (Å²) in [6, 6.07) is 9.93. The Balaban J connectivity index is 2.55. The molecule has 0 saturated carbocycles. The molecule has 0 radical (unpaired) electrons. The molecule has 3 nitrogen and oxygen atoms in total. The number of benzene rings is 1. The van der Waals surface area contributed by atoms with Crippen LogP contribution in [0.4, 0.5) is 0 Å². The van der Waals surface area contributed by atoms with E-state index in [1.54, 1.807) is 6.08 Å². The lowest BCUT2D eigenvalue weighted by Crippen LogP contribution is -2.14. The number of rotatable bonds is 6. The third-order valence-corrected chi connectivity index (χ3v) is 2.42. The molecule has 0 aromatic heterocycles. The minimum absolute atomic E-state index is 0.214. The van der Waals surface area contributed by atoms with Gasteiger partial charge in [-0.3, -0.25) is 4.79 Å². The Kier molecular flexibility index (Phi) is 4.90. The van der Waals surface area contributed by atoms with Crippen molar-refractivity contribution in [3.63, 3.8) is 0 Å². The minimum atomic E-state index is -0.281. The van der Waals surface area contributed by atoms with Crippen LogP contribution in [0.1, 0.15) is 12.0 Å². The predicted octanol–water partition coefficient (Wildman–Crippen LogP) is 2.29. The zero-order valence-electron chi connectivity index (χ0n) is 9.04. The highest BCUT2D eigenvalue weighted by Crippen LogP contribution is 2.11. The molecule has 0 aliphatic rings. The number of Topliss-reactive ketones (excluding diaryl/α,β-unsaturated/α-hetero) is 1. The third kappa shape index (κ3) is 3.64. The van der Waals surface area contributed by atoms with E-state index in [1.807, 2.05) is 30.3 Å². The molecule has 1 atom stereocenters. The summed E-state index contributed by atoms with van der Waals surface area (Å²) in [4.78, 5) is 14.2. The van der Waals surface area contributed by atoms with Gasteiger partial charge < -0.3 is 5.53 Å². The molecular weight excluding hydrogens is 200 g/mol. The van der Waals surface area contributed by atoms with E-state index in [9.17, 15) is 4.79 Å². The highest BCUT2D eigenvalue weighted by Gasteiger charge is 2.15. The Labute approximate surface area is 95.0 Å². The minimum Gasteiger partial charge on any atom is -0.361 e. The first-order valence-corrected chi connectivity index (χ1v) is 5.15. The molecule has 0 heterocycles. The van der Waals surface area contributed by atoms with E-state index < -0.39 is 0 Å². The van der Waals surface area contributed by atoms with E-state index >= 15 is 0 Å². The van der Waals surface area contributed by atoms with Crippen LogP contribution in [0.15, 0.2) is 43.0 Å². The monoisotopic (exact) mass is 214 g/mol. The van der Waals surface area contributed by atoms with Gasteiger partial charge in [0, 0.05) is 5.92 Å². The maximum Gasteiger partial charge on any atom is 0.323 e. The molecule has 0 aliphatic heterocycles. The summed E-state index contributed by atoms with van der Waals surface area (Å²) in [6.45, 7) is 3.61. The number of ketones is 1. The summed E-state index contributed by atoms with van der Waals surface area (Å²) in [5.41, 5.74) is 9.46. The van der Waals surface area contributed by atoms with Crippen molar-refractivity contribution in [2.45, 2.75) is 12.8 Å². The molecule has 16 heavy (non-hydrogen) atoms. The van der Waals surface area contributed by atoms with Crippen LogP contribution in [0.25, 0.3) is 5.53 Å². The first-order valence-electron chi connectivity index (χ1n) is 5.15. The molecule has 0 bridgehead atoms. The maximum atomic E-state index is 11.4. The lowest BCUT2D eigenvalue weighted by atomic mass is 9.96. The lowest BCUT2D eigenvalue weighted by molar-refractivity contribution is -0.118. The molecule has 0 spiro atoms. The second kappa shape index (κ2) is 6.49. The van der Waals surface area contributed by atoms with Crippen LogP contribution in [-0.2, 0) is 11.2 Å². The molecule has 0 saturated heterocycles. The van der Waals surface area contributed by atoms with E-state index in [4.69, 9.17) is 5.53 Å². The van der Waals surface area contributed by atoms with Crippen molar-refractivity contribution in [2.24, 2.45) is 5.92 Å². The summed E-state index contributed by atoms with van der Waals surface area (Å²) < 4.78 is 0. The molecule has 0 unspecified atom stereocenters. The fourth-order valence-corrected chi connectivity index (χ4v) is 1.50. The molecule has 0 fully saturated rings. The van der Waals surface area contributed by atoms with Gasteiger partial charge in [0.2, 0.25) is 5.78 Å². The highest BCUT2D eigenvalue weighted by atomic mass is 16.1. The number of allylic oxidation sites excluding steroid dienone is 1. The van der Waals surface area contributed by atoms with Gasteiger partial charge in [-0.25, -0.2) is 0 Å². The van der Waals surface area contributed by atoms with Gasteiger partial charge in [-0.1, -0.05) is 36.4 Å². The summed E-state index contributed by atoms with van der Waals surface area (Å²) in [7, 11) is 0. The third-order valence-electron chi connectivity index (χ3n) is 2.42. The maximum absolute atomic E-state index is 11.4. The molecule has 0 aliphatic carbocycles. The van der Waals surface area contributed by atoms with E-state index in [1.165, 1.54) is 5.56 Å². The Morgan fingerprint density at radius 2 is 2.12 bits per heavy atom. The van der Waals surface area contributed by atoms with Gasteiger partial charge in [0.1, 0.15) is 0 Å². The number of carbonyl (C=O) groups excluding carboxylic acids is 1. The smallest absolute Gasteiger partial charge is 0.323 e. The SMILES string of the molecule is C=C[C@H](CCc1ccccc1)C(=O)C=[N+]=[N-]. The Bertz CT molecular complexity index is 405. The van der Waals surface area contributed by atoms with E-state index in [-0.39, 0.29) is 11.7 Å². The number of aryl methyl sites for hydroxylation is 1. The highest BCUT2D eigenvalue weighted by molar-refractivity contribution is 6.26. The first-order chi connectivity index (χ1) is 7.77. The topological polar surface area (TPSA) is 53.5 Å². The Morgan fingerprint density at radius 3 is 2.69 bits per heavy atom. The molecule has 0 amide bonds. The molecule has 1 aromatic carbocycles. The van der Waals surface area contributed by atoms with Crippen molar-refractivity contribution in [3.05, 3.63) is 54.1 Å². The molecule has 3 heteroatoms. The van der Waals surface area contributed by atoms with Crippen molar-refractivity contribution < 1.29 is 9.58 Å². The average molecular weight is 214 g/mol. The van der Waals surface area contributed by atoms with E-state index in [0.717, 1.165) is 12.6 Å². The quantitative estimate of drug-likeness (QED) is 0.310. The summed E-state index contributed by atoms with van der Waals surface area (Å²) in [5.74, 6) is -0.496. The second-order valence-electron chi connectivity index (χ2n) is 3.51. The molecule has 1 aromatic rings. The van der Waals surface area contributed by atoms with Crippen LogP contribution in [-0.4, -0.2) is 16.8 Å². The van der Waals surface area contributed by atoms with Gasteiger partial charge in [0.05, 0.1) is 0 Å². The largest absolute Gasteiger partial charge is 0.361 e. The Morgan fingerprint density at radius 1 is 1.44 bits per heavy atom. The predicted molar refractivity (Wildman–Crippen MR) is 63.1 cm³/mol. The van der Waals surface area contributed by atoms with Crippen molar-refractivity contribution in [3.8, 4) is 0 Å². The summed E-state index contributed by atoms with van der Waals surface area (Å²) in [6.07, 6.45) is 4.01. The number of nitrogens with zero attached hydrogens (tertiary/aromatic N) is 2. The Hall–Kier alpha value is -1.99. The molecular formula is C13H14N2O. The van der Waals surface area contributed by atoms with Crippen molar-refractivity contribution in [1.29, 1.82) is 0 Å². The van der Waals surface area contributed by atoms with E-state index in [2.05, 4.69) is 11.4 Å². The van der Waals surface area contributed by atoms with Gasteiger partial charge >= 0.3 is 6.21 Å².